The van der Waals surface area contributed by atoms with Crippen LogP contribution in [0.4, 0.5) is 0 Å². The monoisotopic (exact) mass is 301 g/mol. The zero-order valence-electron chi connectivity index (χ0n) is 13.2. The van der Waals surface area contributed by atoms with Gasteiger partial charge in [-0.3, -0.25) is 4.90 Å². The molecule has 0 heterocycles. The van der Waals surface area contributed by atoms with Crippen LogP contribution in [0.5, 0.6) is 5.75 Å². The Kier molecular flexibility index (Phi) is 7.99. The van der Waals surface area contributed by atoms with Gasteiger partial charge in [-0.1, -0.05) is 13.8 Å². The number of aliphatic hydroxyl groups is 1. The van der Waals surface area contributed by atoms with Gasteiger partial charge in [0.2, 0.25) is 0 Å². The minimum absolute atomic E-state index is 0.188. The van der Waals surface area contributed by atoms with Crippen LogP contribution in [0, 0.1) is 28.6 Å². The minimum atomic E-state index is -0.618. The number of benzene rings is 1. The van der Waals surface area contributed by atoms with E-state index in [1.165, 1.54) is 0 Å². The fourth-order valence-corrected chi connectivity index (χ4v) is 2.15. The second-order valence-electron chi connectivity index (χ2n) is 5.66. The first kappa shape index (κ1) is 18.0. The summed E-state index contributed by atoms with van der Waals surface area (Å²) in [5, 5.41) is 27.5. The fourth-order valence-electron chi connectivity index (χ4n) is 2.15. The van der Waals surface area contributed by atoms with E-state index in [1.807, 2.05) is 6.07 Å². The Morgan fingerprint density at radius 3 is 2.41 bits per heavy atom. The summed E-state index contributed by atoms with van der Waals surface area (Å²) in [6.07, 6.45) is -0.163. The van der Waals surface area contributed by atoms with E-state index in [-0.39, 0.29) is 6.61 Å². The molecule has 0 fully saturated rings. The maximum atomic E-state index is 10.1. The fraction of sp³-hybridized carbons (Fsp3) is 0.529. The first-order valence-electron chi connectivity index (χ1n) is 7.45. The topological polar surface area (TPSA) is 80.3 Å². The quantitative estimate of drug-likeness (QED) is 0.756. The molecular formula is C17H23N3O2. The van der Waals surface area contributed by atoms with Crippen LogP contribution in [0.2, 0.25) is 0 Å². The summed E-state index contributed by atoms with van der Waals surface area (Å²) >= 11 is 0. The van der Waals surface area contributed by atoms with E-state index in [2.05, 4.69) is 24.8 Å². The van der Waals surface area contributed by atoms with Gasteiger partial charge in [-0.2, -0.15) is 10.5 Å². The van der Waals surface area contributed by atoms with E-state index < -0.39 is 6.10 Å². The standard InChI is InChI=1S/C17H23N3O2/c1-14(2)11-20(9-3-8-18)12-16(21)13-22-17-6-4-15(10-19)5-7-17/h4-7,14,16,21H,3,9,11-13H2,1-2H3/t16-/m1/s1. The second-order valence-corrected chi connectivity index (χ2v) is 5.66. The SMILES string of the molecule is CC(C)CN(CCC#N)C[C@@H](O)COc1ccc(C#N)cc1. The summed E-state index contributed by atoms with van der Waals surface area (Å²) in [6.45, 7) is 6.39. The lowest BCUT2D eigenvalue weighted by Gasteiger charge is -2.25. The van der Waals surface area contributed by atoms with Crippen LogP contribution in [0.15, 0.2) is 24.3 Å². The van der Waals surface area contributed by atoms with Crippen molar-refractivity contribution in [1.82, 2.24) is 4.90 Å². The number of nitrogens with zero attached hydrogens (tertiary/aromatic N) is 3. The molecule has 118 valence electrons. The van der Waals surface area contributed by atoms with Crippen LogP contribution in [-0.4, -0.2) is 42.4 Å². The molecule has 1 aromatic rings. The molecule has 0 aromatic heterocycles. The van der Waals surface area contributed by atoms with E-state index in [1.54, 1.807) is 24.3 Å². The second kappa shape index (κ2) is 9.78. The molecule has 1 aromatic carbocycles. The first-order valence-corrected chi connectivity index (χ1v) is 7.45. The average molecular weight is 301 g/mol. The van der Waals surface area contributed by atoms with Crippen LogP contribution in [-0.2, 0) is 0 Å². The van der Waals surface area contributed by atoms with Crippen molar-refractivity contribution in [1.29, 1.82) is 10.5 Å². The zero-order chi connectivity index (χ0) is 16.4. The van der Waals surface area contributed by atoms with Crippen LogP contribution in [0.25, 0.3) is 0 Å². The van der Waals surface area contributed by atoms with Gasteiger partial charge >= 0.3 is 0 Å². The molecule has 5 heteroatoms. The van der Waals surface area contributed by atoms with Crippen LogP contribution in [0.3, 0.4) is 0 Å². The first-order chi connectivity index (χ1) is 10.5. The molecule has 22 heavy (non-hydrogen) atoms. The summed E-state index contributed by atoms with van der Waals surface area (Å²) in [4.78, 5) is 2.08. The Morgan fingerprint density at radius 2 is 1.86 bits per heavy atom. The van der Waals surface area contributed by atoms with Crippen molar-refractivity contribution in [3.05, 3.63) is 29.8 Å². The highest BCUT2D eigenvalue weighted by atomic mass is 16.5. The molecule has 1 atom stereocenters. The lowest BCUT2D eigenvalue weighted by molar-refractivity contribution is 0.0650. The van der Waals surface area contributed by atoms with Gasteiger partial charge in [0.05, 0.1) is 17.7 Å². The molecule has 0 spiro atoms. The normalized spacial score (nSPS) is 12.0. The molecule has 0 bridgehead atoms. The maximum absolute atomic E-state index is 10.1. The van der Waals surface area contributed by atoms with E-state index in [0.29, 0.717) is 36.7 Å². The van der Waals surface area contributed by atoms with Crippen LogP contribution >= 0.6 is 0 Å². The Hall–Kier alpha value is -2.08. The summed E-state index contributed by atoms with van der Waals surface area (Å²) in [5.74, 6) is 1.11. The van der Waals surface area contributed by atoms with Crippen molar-refractivity contribution in [2.75, 3.05) is 26.2 Å². The molecular weight excluding hydrogens is 278 g/mol. The van der Waals surface area contributed by atoms with Crippen LogP contribution in [0.1, 0.15) is 25.8 Å². The number of aliphatic hydroxyl groups excluding tert-OH is 1. The largest absolute Gasteiger partial charge is 0.491 e. The van der Waals surface area contributed by atoms with Crippen molar-refractivity contribution < 1.29 is 9.84 Å². The smallest absolute Gasteiger partial charge is 0.119 e. The average Bonchev–Trinajstić information content (AvgIpc) is 2.50. The Morgan fingerprint density at radius 1 is 1.18 bits per heavy atom. The number of nitriles is 2. The van der Waals surface area contributed by atoms with Crippen molar-refractivity contribution >= 4 is 0 Å². The van der Waals surface area contributed by atoms with E-state index in [9.17, 15) is 5.11 Å². The third kappa shape index (κ3) is 7.08. The van der Waals surface area contributed by atoms with E-state index >= 15 is 0 Å². The van der Waals surface area contributed by atoms with Gasteiger partial charge in [-0.25, -0.2) is 0 Å². The summed E-state index contributed by atoms with van der Waals surface area (Å²) in [6, 6.07) is 11.0. The van der Waals surface area contributed by atoms with Crippen LogP contribution < -0.4 is 4.74 Å². The molecule has 0 aliphatic rings. The molecule has 1 N–H and O–H groups in total. The predicted octanol–water partition coefficient (Wildman–Crippen LogP) is 2.17. The van der Waals surface area contributed by atoms with Gasteiger partial charge in [-0.15, -0.1) is 0 Å². The molecule has 0 radical (unpaired) electrons. The number of hydrogen-bond donors (Lipinski definition) is 1. The van der Waals surface area contributed by atoms with Gasteiger partial charge in [0, 0.05) is 26.1 Å². The number of rotatable bonds is 9. The Balaban J connectivity index is 2.43. The van der Waals surface area contributed by atoms with E-state index in [4.69, 9.17) is 15.3 Å². The van der Waals surface area contributed by atoms with Crippen molar-refractivity contribution in [3.63, 3.8) is 0 Å². The molecule has 5 nitrogen and oxygen atoms in total. The van der Waals surface area contributed by atoms with Crippen molar-refractivity contribution in [2.24, 2.45) is 5.92 Å². The highest BCUT2D eigenvalue weighted by molar-refractivity contribution is 5.34. The Bertz CT molecular complexity index is 514. The van der Waals surface area contributed by atoms with Crippen molar-refractivity contribution in [2.45, 2.75) is 26.4 Å². The molecule has 0 aliphatic carbocycles. The number of hydrogen-bond acceptors (Lipinski definition) is 5. The third-order valence-electron chi connectivity index (χ3n) is 3.06. The maximum Gasteiger partial charge on any atom is 0.119 e. The summed E-state index contributed by atoms with van der Waals surface area (Å²) in [5.41, 5.74) is 0.576. The molecule has 0 saturated heterocycles. The number of ether oxygens (including phenoxy) is 1. The lowest BCUT2D eigenvalue weighted by atomic mass is 10.2. The molecule has 0 amide bonds. The highest BCUT2D eigenvalue weighted by Gasteiger charge is 2.13. The van der Waals surface area contributed by atoms with Gasteiger partial charge in [-0.05, 0) is 30.2 Å². The summed E-state index contributed by atoms with van der Waals surface area (Å²) in [7, 11) is 0. The highest BCUT2D eigenvalue weighted by Crippen LogP contribution is 2.12. The third-order valence-corrected chi connectivity index (χ3v) is 3.06. The molecule has 0 unspecified atom stereocenters. The zero-order valence-corrected chi connectivity index (χ0v) is 13.2. The molecule has 0 saturated carbocycles. The van der Waals surface area contributed by atoms with Gasteiger partial charge in [0.15, 0.2) is 0 Å². The lowest BCUT2D eigenvalue weighted by Crippen LogP contribution is -2.38. The summed E-state index contributed by atoms with van der Waals surface area (Å²) < 4.78 is 5.53. The Labute approximate surface area is 132 Å². The minimum Gasteiger partial charge on any atom is -0.491 e. The van der Waals surface area contributed by atoms with E-state index in [0.717, 1.165) is 6.54 Å². The van der Waals surface area contributed by atoms with Crippen molar-refractivity contribution in [3.8, 4) is 17.9 Å². The molecule has 1 rings (SSSR count). The predicted molar refractivity (Wildman–Crippen MR) is 84.2 cm³/mol. The van der Waals surface area contributed by atoms with Gasteiger partial charge in [0.1, 0.15) is 18.5 Å². The molecule has 0 aliphatic heterocycles. The van der Waals surface area contributed by atoms with Gasteiger partial charge in [0.25, 0.3) is 0 Å². The van der Waals surface area contributed by atoms with Gasteiger partial charge < -0.3 is 9.84 Å².